The zero-order valence-corrected chi connectivity index (χ0v) is 25.7. The summed E-state index contributed by atoms with van der Waals surface area (Å²) in [5.74, 6) is -0.891. The predicted octanol–water partition coefficient (Wildman–Crippen LogP) is 5.17. The maximum Gasteiger partial charge on any atom is 0.264 e. The van der Waals surface area contributed by atoms with E-state index in [-0.39, 0.29) is 41.8 Å². The van der Waals surface area contributed by atoms with E-state index in [2.05, 4.69) is 5.32 Å². The second-order valence-corrected chi connectivity index (χ2v) is 12.2. The molecule has 3 aromatic carbocycles. The van der Waals surface area contributed by atoms with Crippen LogP contribution in [0.1, 0.15) is 38.7 Å². The summed E-state index contributed by atoms with van der Waals surface area (Å²) in [5.41, 5.74) is 0.670. The molecule has 1 aliphatic heterocycles. The number of anilines is 1. The van der Waals surface area contributed by atoms with Crippen LogP contribution >= 0.6 is 11.6 Å². The van der Waals surface area contributed by atoms with Crippen LogP contribution in [0.5, 0.6) is 11.5 Å². The summed E-state index contributed by atoms with van der Waals surface area (Å²) in [5, 5.41) is 3.29. The van der Waals surface area contributed by atoms with Crippen molar-refractivity contribution in [2.75, 3.05) is 30.6 Å². The maximum atomic E-state index is 14.1. The molecule has 0 spiro atoms. The van der Waals surface area contributed by atoms with Gasteiger partial charge in [-0.2, -0.15) is 0 Å². The van der Waals surface area contributed by atoms with Crippen LogP contribution < -0.4 is 19.1 Å². The van der Waals surface area contributed by atoms with Crippen LogP contribution in [0.25, 0.3) is 0 Å². The molecule has 0 aliphatic carbocycles. The van der Waals surface area contributed by atoms with Gasteiger partial charge in [0.15, 0.2) is 11.5 Å². The van der Waals surface area contributed by atoms with Crippen LogP contribution in [-0.4, -0.2) is 57.5 Å². The molecule has 0 fully saturated rings. The minimum atomic E-state index is -4.38. The Hall–Kier alpha value is -3.83. The number of carbonyl (C=O) groups is 2. The van der Waals surface area contributed by atoms with Gasteiger partial charge in [0.2, 0.25) is 11.8 Å². The summed E-state index contributed by atoms with van der Waals surface area (Å²) in [6.07, 6.45) is 1.93. The average molecular weight is 632 g/mol. The number of carbonyl (C=O) groups excluding carboxylic acids is 2. The van der Waals surface area contributed by atoms with Crippen LogP contribution in [0.2, 0.25) is 5.02 Å². The van der Waals surface area contributed by atoms with Gasteiger partial charge < -0.3 is 19.7 Å². The van der Waals surface area contributed by atoms with E-state index in [4.69, 9.17) is 21.1 Å². The normalized spacial score (nSPS) is 13.2. The molecule has 1 aliphatic rings. The first-order valence-electron chi connectivity index (χ1n) is 14.1. The molecule has 2 amide bonds. The van der Waals surface area contributed by atoms with Gasteiger partial charge in [-0.1, -0.05) is 50.1 Å². The molecule has 1 atom stereocenters. The van der Waals surface area contributed by atoms with Gasteiger partial charge in [0.1, 0.15) is 31.6 Å². The van der Waals surface area contributed by atoms with Gasteiger partial charge >= 0.3 is 0 Å². The van der Waals surface area contributed by atoms with Crippen LogP contribution in [0.15, 0.2) is 71.6 Å². The topological polar surface area (TPSA) is 105 Å². The van der Waals surface area contributed by atoms with Gasteiger partial charge in [-0.25, -0.2) is 12.8 Å². The monoisotopic (exact) mass is 631 g/mol. The predicted molar refractivity (Wildman–Crippen MR) is 162 cm³/mol. The molecular weight excluding hydrogens is 597 g/mol. The van der Waals surface area contributed by atoms with E-state index in [0.29, 0.717) is 29.5 Å². The van der Waals surface area contributed by atoms with Crippen molar-refractivity contribution >= 4 is 39.1 Å². The van der Waals surface area contributed by atoms with E-state index in [1.54, 1.807) is 31.2 Å². The molecule has 43 heavy (non-hydrogen) atoms. The molecule has 230 valence electrons. The molecule has 9 nitrogen and oxygen atoms in total. The Bertz CT molecular complexity index is 1540. The number of amides is 2. The van der Waals surface area contributed by atoms with E-state index < -0.39 is 34.3 Å². The number of unbranched alkanes of at least 4 members (excludes halogenated alkanes) is 1. The fourth-order valence-electron chi connectivity index (χ4n) is 4.68. The van der Waals surface area contributed by atoms with Crippen LogP contribution in [0.3, 0.4) is 0 Å². The molecule has 0 saturated carbocycles. The van der Waals surface area contributed by atoms with Crippen molar-refractivity contribution in [2.24, 2.45) is 0 Å². The lowest BCUT2D eigenvalue weighted by atomic mass is 10.1. The van der Waals surface area contributed by atoms with Crippen molar-refractivity contribution < 1.29 is 31.9 Å². The van der Waals surface area contributed by atoms with Crippen molar-refractivity contribution in [3.63, 3.8) is 0 Å². The smallest absolute Gasteiger partial charge is 0.264 e. The molecule has 12 heteroatoms. The van der Waals surface area contributed by atoms with Crippen molar-refractivity contribution in [1.82, 2.24) is 10.2 Å². The Morgan fingerprint density at radius 3 is 2.37 bits per heavy atom. The number of halogens is 2. The number of nitrogens with one attached hydrogen (secondary N) is 1. The van der Waals surface area contributed by atoms with Crippen LogP contribution in [0.4, 0.5) is 10.1 Å². The lowest BCUT2D eigenvalue weighted by Crippen LogP contribution is -2.52. The van der Waals surface area contributed by atoms with E-state index in [0.717, 1.165) is 29.3 Å². The third-order valence-corrected chi connectivity index (χ3v) is 9.15. The van der Waals surface area contributed by atoms with Gasteiger partial charge in [0.05, 0.1) is 10.6 Å². The summed E-state index contributed by atoms with van der Waals surface area (Å²) < 4.78 is 54.0. The minimum absolute atomic E-state index is 0.0282. The maximum absolute atomic E-state index is 14.1. The van der Waals surface area contributed by atoms with Gasteiger partial charge in [-0.15, -0.1) is 0 Å². The second-order valence-electron chi connectivity index (χ2n) is 9.98. The number of rotatable bonds is 13. The Morgan fingerprint density at radius 2 is 1.70 bits per heavy atom. The second kappa shape index (κ2) is 14.6. The third-order valence-electron chi connectivity index (χ3n) is 7.01. The highest BCUT2D eigenvalue weighted by atomic mass is 35.5. The van der Waals surface area contributed by atoms with E-state index in [1.807, 2.05) is 6.92 Å². The Labute approximate surface area is 256 Å². The molecule has 0 radical (unpaired) electrons. The third kappa shape index (κ3) is 7.77. The van der Waals surface area contributed by atoms with Gasteiger partial charge in [-0.05, 0) is 60.9 Å². The number of hydrogen-bond donors (Lipinski definition) is 1. The van der Waals surface area contributed by atoms with E-state index in [1.165, 1.54) is 35.2 Å². The largest absolute Gasteiger partial charge is 0.486 e. The molecule has 4 rings (SSSR count). The van der Waals surface area contributed by atoms with Crippen molar-refractivity contribution in [3.8, 4) is 11.5 Å². The number of hydrogen-bond acceptors (Lipinski definition) is 6. The SMILES string of the molecule is CCCCNC(=O)C(CC)N(Cc1ccccc1Cl)C(=O)CN(c1ccc(F)cc1)S(=O)(=O)c1ccc2c(c1)OCCO2. The van der Waals surface area contributed by atoms with E-state index >= 15 is 0 Å². The number of fused-ring (bicyclic) bond motifs is 1. The van der Waals surface area contributed by atoms with Crippen molar-refractivity contribution in [3.05, 3.63) is 83.1 Å². The molecule has 1 heterocycles. The Kier molecular flexibility index (Phi) is 10.9. The minimum Gasteiger partial charge on any atom is -0.486 e. The summed E-state index contributed by atoms with van der Waals surface area (Å²) in [7, 11) is -4.38. The number of ether oxygens (including phenoxy) is 2. The highest BCUT2D eigenvalue weighted by Gasteiger charge is 2.34. The fraction of sp³-hybridized carbons (Fsp3) is 0.355. The first kappa shape index (κ1) is 32.1. The molecule has 3 aromatic rings. The molecule has 1 N–H and O–H groups in total. The molecule has 0 aromatic heterocycles. The number of sulfonamides is 1. The lowest BCUT2D eigenvalue weighted by Gasteiger charge is -2.33. The Balaban J connectivity index is 1.73. The highest BCUT2D eigenvalue weighted by molar-refractivity contribution is 7.92. The average Bonchev–Trinajstić information content (AvgIpc) is 3.01. The zero-order chi connectivity index (χ0) is 31.0. The summed E-state index contributed by atoms with van der Waals surface area (Å²) in [6.45, 7) is 4.13. The van der Waals surface area contributed by atoms with Crippen LogP contribution in [0, 0.1) is 5.82 Å². The zero-order valence-electron chi connectivity index (χ0n) is 24.1. The summed E-state index contributed by atoms with van der Waals surface area (Å²) in [4.78, 5) is 28.6. The first-order chi connectivity index (χ1) is 20.6. The van der Waals surface area contributed by atoms with Crippen molar-refractivity contribution in [1.29, 1.82) is 0 Å². The van der Waals surface area contributed by atoms with Crippen LogP contribution in [-0.2, 0) is 26.2 Å². The molecule has 0 saturated heterocycles. The summed E-state index contributed by atoms with van der Waals surface area (Å²) in [6, 6.07) is 15.0. The molecular formula is C31H35ClFN3O6S. The Morgan fingerprint density at radius 1 is 1.00 bits per heavy atom. The first-order valence-corrected chi connectivity index (χ1v) is 16.0. The fourth-order valence-corrected chi connectivity index (χ4v) is 6.31. The number of benzene rings is 3. The highest BCUT2D eigenvalue weighted by Crippen LogP contribution is 2.34. The van der Waals surface area contributed by atoms with E-state index in [9.17, 15) is 22.4 Å². The van der Waals surface area contributed by atoms with Gasteiger partial charge in [-0.3, -0.25) is 13.9 Å². The van der Waals surface area contributed by atoms with Gasteiger partial charge in [0.25, 0.3) is 10.0 Å². The summed E-state index contributed by atoms with van der Waals surface area (Å²) >= 11 is 6.43. The standard InChI is InChI=1S/C31H35ClFN3O6S/c1-3-5-16-34-31(38)27(4-2)35(20-22-8-6-7-9-26(22)32)30(37)21-36(24-12-10-23(33)11-13-24)43(39,40)25-14-15-28-29(19-25)42-18-17-41-28/h6-15,19,27H,3-5,16-18,20-21H2,1-2H3,(H,34,38). The molecule has 1 unspecified atom stereocenters. The van der Waals surface area contributed by atoms with Crippen molar-refractivity contribution in [2.45, 2.75) is 50.6 Å². The number of nitrogens with zero attached hydrogens (tertiary/aromatic N) is 2. The van der Waals surface area contributed by atoms with Gasteiger partial charge in [0, 0.05) is 24.2 Å². The molecule has 0 bridgehead atoms. The quantitative estimate of drug-likeness (QED) is 0.261. The lowest BCUT2D eigenvalue weighted by molar-refractivity contribution is -0.140.